The van der Waals surface area contributed by atoms with E-state index in [-0.39, 0.29) is 0 Å². The Bertz CT molecular complexity index is 730. The molecule has 0 fully saturated rings. The minimum absolute atomic E-state index is 0.397. The van der Waals surface area contributed by atoms with Crippen LogP contribution in [0.15, 0.2) is 42.5 Å². The first kappa shape index (κ1) is 11.0. The summed E-state index contributed by atoms with van der Waals surface area (Å²) >= 11 is 0. The van der Waals surface area contributed by atoms with E-state index in [0.717, 1.165) is 21.9 Å². The van der Waals surface area contributed by atoms with Crippen molar-refractivity contribution < 1.29 is 0 Å². The Labute approximate surface area is 106 Å². The Morgan fingerprint density at radius 1 is 1.00 bits per heavy atom. The predicted octanol–water partition coefficient (Wildman–Crippen LogP) is 4.09. The third-order valence-corrected chi connectivity index (χ3v) is 3.39. The topological polar surface area (TPSA) is 38.9 Å². The van der Waals surface area contributed by atoms with Crippen molar-refractivity contribution >= 4 is 27.5 Å². The highest BCUT2D eigenvalue weighted by atomic mass is 14.8. The smallest absolute Gasteiger partial charge is 0.127 e. The maximum Gasteiger partial charge on any atom is 0.127 e. The molecule has 0 radical (unpaired) electrons. The summed E-state index contributed by atoms with van der Waals surface area (Å²) < 4.78 is 0. The van der Waals surface area contributed by atoms with Gasteiger partial charge in [-0.05, 0) is 22.9 Å². The Balaban J connectivity index is 2.42. The van der Waals surface area contributed by atoms with Crippen LogP contribution in [-0.2, 0) is 0 Å². The summed E-state index contributed by atoms with van der Waals surface area (Å²) in [6.07, 6.45) is 0. The molecular weight excluding hydrogens is 220 g/mol. The lowest BCUT2D eigenvalue weighted by Crippen LogP contribution is -2.00. The molecule has 0 aliphatic rings. The van der Waals surface area contributed by atoms with Gasteiger partial charge in [0.1, 0.15) is 5.82 Å². The molecule has 18 heavy (non-hydrogen) atoms. The fourth-order valence-corrected chi connectivity index (χ4v) is 2.40. The minimum Gasteiger partial charge on any atom is -0.383 e. The molecule has 0 bridgehead atoms. The molecule has 0 saturated carbocycles. The zero-order valence-electron chi connectivity index (χ0n) is 10.6. The summed E-state index contributed by atoms with van der Waals surface area (Å²) in [6.45, 7) is 4.28. The van der Waals surface area contributed by atoms with Gasteiger partial charge in [0, 0.05) is 10.8 Å². The summed E-state index contributed by atoms with van der Waals surface area (Å²) in [5.41, 5.74) is 8.19. The first-order chi connectivity index (χ1) is 8.66. The zero-order chi connectivity index (χ0) is 12.7. The molecule has 90 valence electrons. The SMILES string of the molecule is CC(C)c1cc2ccc3ccccc3c2nc1N. The van der Waals surface area contributed by atoms with Crippen LogP contribution in [-0.4, -0.2) is 4.98 Å². The molecule has 0 spiro atoms. The number of nitrogen functional groups attached to an aromatic ring is 1. The number of hydrogen-bond donors (Lipinski definition) is 1. The Morgan fingerprint density at radius 2 is 1.72 bits per heavy atom. The van der Waals surface area contributed by atoms with Gasteiger partial charge in [-0.15, -0.1) is 0 Å². The summed E-state index contributed by atoms with van der Waals surface area (Å²) in [5.74, 6) is 1.04. The monoisotopic (exact) mass is 236 g/mol. The Hall–Kier alpha value is -2.09. The molecule has 0 saturated heterocycles. The highest BCUT2D eigenvalue weighted by Crippen LogP contribution is 2.29. The van der Waals surface area contributed by atoms with Crippen LogP contribution in [0.3, 0.4) is 0 Å². The van der Waals surface area contributed by atoms with Gasteiger partial charge in [-0.2, -0.15) is 0 Å². The van der Waals surface area contributed by atoms with Crippen molar-refractivity contribution in [2.45, 2.75) is 19.8 Å². The van der Waals surface area contributed by atoms with E-state index >= 15 is 0 Å². The highest BCUT2D eigenvalue weighted by Gasteiger charge is 2.09. The molecule has 1 heterocycles. The van der Waals surface area contributed by atoms with Crippen LogP contribution in [0.1, 0.15) is 25.3 Å². The second-order valence-corrected chi connectivity index (χ2v) is 4.98. The summed E-state index contributed by atoms with van der Waals surface area (Å²) in [6, 6.07) is 14.7. The van der Waals surface area contributed by atoms with Crippen LogP contribution in [0.5, 0.6) is 0 Å². The normalized spacial score (nSPS) is 11.5. The molecule has 2 nitrogen and oxygen atoms in total. The number of pyridine rings is 1. The van der Waals surface area contributed by atoms with Gasteiger partial charge in [0.05, 0.1) is 5.52 Å². The lowest BCUT2D eigenvalue weighted by atomic mass is 10.00. The van der Waals surface area contributed by atoms with Gasteiger partial charge >= 0.3 is 0 Å². The molecule has 0 aliphatic heterocycles. The molecule has 0 unspecified atom stereocenters. The first-order valence-corrected chi connectivity index (χ1v) is 6.24. The molecule has 3 rings (SSSR count). The lowest BCUT2D eigenvalue weighted by molar-refractivity contribution is 0.866. The van der Waals surface area contributed by atoms with Crippen LogP contribution in [0.25, 0.3) is 21.7 Å². The van der Waals surface area contributed by atoms with Crippen molar-refractivity contribution in [2.24, 2.45) is 0 Å². The zero-order valence-corrected chi connectivity index (χ0v) is 10.6. The van der Waals surface area contributed by atoms with E-state index < -0.39 is 0 Å². The highest BCUT2D eigenvalue weighted by molar-refractivity contribution is 6.05. The van der Waals surface area contributed by atoms with Crippen molar-refractivity contribution in [2.75, 3.05) is 5.73 Å². The van der Waals surface area contributed by atoms with Gasteiger partial charge in [-0.3, -0.25) is 0 Å². The standard InChI is InChI=1S/C16H16N2/c1-10(2)14-9-12-8-7-11-5-3-4-6-13(11)15(12)18-16(14)17/h3-10H,1-2H3,(H2,17,18). The fourth-order valence-electron chi connectivity index (χ4n) is 2.40. The van der Waals surface area contributed by atoms with Crippen LogP contribution < -0.4 is 5.73 Å². The molecule has 3 aromatic rings. The number of fused-ring (bicyclic) bond motifs is 3. The van der Waals surface area contributed by atoms with E-state index in [1.807, 2.05) is 12.1 Å². The van der Waals surface area contributed by atoms with Gasteiger partial charge in [0.15, 0.2) is 0 Å². The van der Waals surface area contributed by atoms with E-state index in [0.29, 0.717) is 11.7 Å². The molecular formula is C16H16N2. The number of benzene rings is 2. The Morgan fingerprint density at radius 3 is 2.50 bits per heavy atom. The van der Waals surface area contributed by atoms with Crippen molar-refractivity contribution in [3.63, 3.8) is 0 Å². The fraction of sp³-hybridized carbons (Fsp3) is 0.188. The third-order valence-electron chi connectivity index (χ3n) is 3.39. The summed E-state index contributed by atoms with van der Waals surface area (Å²) in [4.78, 5) is 4.60. The number of nitrogens with zero attached hydrogens (tertiary/aromatic N) is 1. The van der Waals surface area contributed by atoms with Gasteiger partial charge in [-0.1, -0.05) is 50.2 Å². The molecule has 0 amide bonds. The summed E-state index contributed by atoms with van der Waals surface area (Å²) in [7, 11) is 0. The lowest BCUT2D eigenvalue weighted by Gasteiger charge is -2.11. The largest absolute Gasteiger partial charge is 0.383 e. The molecule has 2 heteroatoms. The van der Waals surface area contributed by atoms with Crippen LogP contribution in [0, 0.1) is 0 Å². The molecule has 0 atom stereocenters. The third kappa shape index (κ3) is 1.61. The number of aromatic nitrogens is 1. The van der Waals surface area contributed by atoms with Crippen molar-refractivity contribution in [1.82, 2.24) is 4.98 Å². The van der Waals surface area contributed by atoms with E-state index in [2.05, 4.69) is 49.2 Å². The number of rotatable bonds is 1. The van der Waals surface area contributed by atoms with Gasteiger partial charge < -0.3 is 5.73 Å². The minimum atomic E-state index is 0.397. The van der Waals surface area contributed by atoms with Gasteiger partial charge in [0.25, 0.3) is 0 Å². The van der Waals surface area contributed by atoms with Crippen molar-refractivity contribution in [1.29, 1.82) is 0 Å². The second-order valence-electron chi connectivity index (χ2n) is 4.98. The number of nitrogens with two attached hydrogens (primary N) is 1. The van der Waals surface area contributed by atoms with E-state index in [4.69, 9.17) is 5.73 Å². The van der Waals surface area contributed by atoms with Crippen molar-refractivity contribution in [3.05, 3.63) is 48.0 Å². The predicted molar refractivity (Wildman–Crippen MR) is 77.8 cm³/mol. The maximum atomic E-state index is 6.07. The van der Waals surface area contributed by atoms with Crippen LogP contribution in [0.4, 0.5) is 5.82 Å². The maximum absolute atomic E-state index is 6.07. The van der Waals surface area contributed by atoms with Gasteiger partial charge in [-0.25, -0.2) is 4.98 Å². The molecule has 2 aromatic carbocycles. The van der Waals surface area contributed by atoms with Crippen molar-refractivity contribution in [3.8, 4) is 0 Å². The number of hydrogen-bond acceptors (Lipinski definition) is 2. The first-order valence-electron chi connectivity index (χ1n) is 6.24. The Kier molecular flexibility index (Phi) is 2.44. The van der Waals surface area contributed by atoms with Crippen LogP contribution >= 0.6 is 0 Å². The quantitative estimate of drug-likeness (QED) is 0.646. The number of anilines is 1. The average molecular weight is 236 g/mol. The second kappa shape index (κ2) is 3.98. The molecule has 0 aliphatic carbocycles. The molecule has 2 N–H and O–H groups in total. The van der Waals surface area contributed by atoms with E-state index in [1.165, 1.54) is 5.39 Å². The molecule has 1 aromatic heterocycles. The van der Waals surface area contributed by atoms with E-state index in [9.17, 15) is 0 Å². The van der Waals surface area contributed by atoms with Crippen LogP contribution in [0.2, 0.25) is 0 Å². The average Bonchev–Trinajstić information content (AvgIpc) is 2.37. The van der Waals surface area contributed by atoms with E-state index in [1.54, 1.807) is 0 Å². The summed E-state index contributed by atoms with van der Waals surface area (Å²) in [5, 5.41) is 3.53. The van der Waals surface area contributed by atoms with Gasteiger partial charge in [0.2, 0.25) is 0 Å².